The largest absolute Gasteiger partial charge is 0.497 e. The van der Waals surface area contributed by atoms with Crippen LogP contribution < -0.4 is 19.5 Å². The number of nitrogens with one attached hydrogen (secondary N) is 1. The van der Waals surface area contributed by atoms with Crippen LogP contribution in [0.1, 0.15) is 16.1 Å². The van der Waals surface area contributed by atoms with Crippen LogP contribution in [0.2, 0.25) is 0 Å². The number of amides is 1. The Bertz CT molecular complexity index is 1310. The van der Waals surface area contributed by atoms with E-state index in [4.69, 9.17) is 14.2 Å². The van der Waals surface area contributed by atoms with Gasteiger partial charge in [0.1, 0.15) is 34.7 Å². The van der Waals surface area contributed by atoms with E-state index in [1.165, 1.54) is 18.4 Å². The average molecular weight is 483 g/mol. The number of hydrogen-bond donors (Lipinski definition) is 1. The Morgan fingerprint density at radius 2 is 1.76 bits per heavy atom. The first kappa shape index (κ1) is 23.2. The Hall–Kier alpha value is -3.98. The summed E-state index contributed by atoms with van der Waals surface area (Å²) in [5.74, 6) is 0.0175. The Balaban J connectivity index is 1.47. The number of rotatable bonds is 8. The number of nitrogens with zero attached hydrogens (tertiary/aromatic N) is 1. The van der Waals surface area contributed by atoms with Crippen LogP contribution >= 0.6 is 11.3 Å². The van der Waals surface area contributed by atoms with E-state index in [-0.39, 0.29) is 23.8 Å². The molecule has 0 aliphatic rings. The van der Waals surface area contributed by atoms with Crippen molar-refractivity contribution in [1.82, 2.24) is 4.98 Å². The molecular weight excluding hydrogens is 462 g/mol. The number of anilines is 1. The van der Waals surface area contributed by atoms with Gasteiger partial charge in [0.15, 0.2) is 11.5 Å². The molecule has 0 saturated carbocycles. The second-order valence-electron chi connectivity index (χ2n) is 7.11. The van der Waals surface area contributed by atoms with Crippen molar-refractivity contribution >= 4 is 22.9 Å². The summed E-state index contributed by atoms with van der Waals surface area (Å²) in [5.41, 5.74) is 1.71. The van der Waals surface area contributed by atoms with E-state index in [1.54, 1.807) is 55.0 Å². The molecule has 1 heterocycles. The second-order valence-corrected chi connectivity index (χ2v) is 7.97. The molecule has 3 aromatic carbocycles. The summed E-state index contributed by atoms with van der Waals surface area (Å²) in [5, 5.41) is 5.07. The van der Waals surface area contributed by atoms with E-state index >= 15 is 0 Å². The fraction of sp³-hybridized carbons (Fsp3) is 0.120. The predicted molar refractivity (Wildman–Crippen MR) is 126 cm³/mol. The highest BCUT2D eigenvalue weighted by Gasteiger charge is 2.15. The zero-order valence-electron chi connectivity index (χ0n) is 18.3. The zero-order valence-corrected chi connectivity index (χ0v) is 19.1. The van der Waals surface area contributed by atoms with Gasteiger partial charge in [0, 0.05) is 22.2 Å². The predicted octanol–water partition coefficient (Wildman–Crippen LogP) is 5.94. The van der Waals surface area contributed by atoms with Gasteiger partial charge in [-0.1, -0.05) is 0 Å². The topological polar surface area (TPSA) is 69.7 Å². The number of carbonyl (C=O) groups is 1. The van der Waals surface area contributed by atoms with Crippen molar-refractivity contribution in [2.45, 2.75) is 6.61 Å². The highest BCUT2D eigenvalue weighted by molar-refractivity contribution is 7.13. The third kappa shape index (κ3) is 5.32. The smallest absolute Gasteiger partial charge is 0.275 e. The quantitative estimate of drug-likeness (QED) is 0.337. The van der Waals surface area contributed by atoms with Crippen LogP contribution in [0.5, 0.6) is 17.2 Å². The fourth-order valence-corrected chi connectivity index (χ4v) is 3.91. The average Bonchev–Trinajstić information content (AvgIpc) is 3.35. The van der Waals surface area contributed by atoms with Crippen molar-refractivity contribution in [3.63, 3.8) is 0 Å². The third-order valence-corrected chi connectivity index (χ3v) is 5.78. The molecule has 0 aliphatic carbocycles. The second kappa shape index (κ2) is 10.3. The minimum atomic E-state index is -0.555. The molecule has 0 spiro atoms. The van der Waals surface area contributed by atoms with Gasteiger partial charge in [-0.25, -0.2) is 13.8 Å². The van der Waals surface area contributed by atoms with E-state index in [2.05, 4.69) is 10.3 Å². The van der Waals surface area contributed by atoms with Crippen molar-refractivity contribution in [3.8, 4) is 27.8 Å². The summed E-state index contributed by atoms with van der Waals surface area (Å²) < 4.78 is 43.4. The molecule has 0 fully saturated rings. The van der Waals surface area contributed by atoms with Crippen molar-refractivity contribution in [2.75, 3.05) is 19.5 Å². The highest BCUT2D eigenvalue weighted by atomic mass is 32.1. The van der Waals surface area contributed by atoms with E-state index in [1.807, 2.05) is 0 Å². The lowest BCUT2D eigenvalue weighted by molar-refractivity contribution is 0.102. The van der Waals surface area contributed by atoms with Crippen molar-refractivity contribution in [2.24, 2.45) is 0 Å². The summed E-state index contributed by atoms with van der Waals surface area (Å²) in [6.07, 6.45) is 0. The Kier molecular flexibility index (Phi) is 7.03. The minimum Gasteiger partial charge on any atom is -0.497 e. The molecule has 34 heavy (non-hydrogen) atoms. The molecule has 4 rings (SSSR count). The standard InChI is InChI=1S/C25H20F2N2O4S/c1-31-19-7-5-18(6-8-19)28-24(30)21-14-34-25(29-21)15-3-10-22(23(12-15)32-2)33-13-16-11-17(26)4-9-20(16)27/h3-12,14H,13H2,1-2H3,(H,28,30). The number of thiazole rings is 1. The van der Waals surface area contributed by atoms with Crippen LogP contribution in [0, 0.1) is 11.6 Å². The Morgan fingerprint density at radius 1 is 0.971 bits per heavy atom. The van der Waals surface area contributed by atoms with Crippen LogP contribution in [0.25, 0.3) is 10.6 Å². The first-order valence-corrected chi connectivity index (χ1v) is 11.0. The van der Waals surface area contributed by atoms with Gasteiger partial charge in [-0.15, -0.1) is 11.3 Å². The summed E-state index contributed by atoms with van der Waals surface area (Å²) >= 11 is 1.31. The zero-order chi connectivity index (χ0) is 24.1. The van der Waals surface area contributed by atoms with Gasteiger partial charge in [-0.05, 0) is 60.7 Å². The maximum absolute atomic E-state index is 13.9. The van der Waals surface area contributed by atoms with E-state index in [0.29, 0.717) is 27.9 Å². The number of aromatic nitrogens is 1. The van der Waals surface area contributed by atoms with Gasteiger partial charge in [0.25, 0.3) is 5.91 Å². The molecule has 0 bridgehead atoms. The lowest BCUT2D eigenvalue weighted by atomic mass is 10.2. The number of hydrogen-bond acceptors (Lipinski definition) is 6. The molecule has 0 atom stereocenters. The Labute approximate surface area is 198 Å². The summed E-state index contributed by atoms with van der Waals surface area (Å²) in [6.45, 7) is -0.160. The van der Waals surface area contributed by atoms with Gasteiger partial charge in [0.2, 0.25) is 0 Å². The van der Waals surface area contributed by atoms with Gasteiger partial charge >= 0.3 is 0 Å². The van der Waals surface area contributed by atoms with E-state index in [9.17, 15) is 13.6 Å². The first-order valence-electron chi connectivity index (χ1n) is 10.1. The Morgan fingerprint density at radius 3 is 2.50 bits per heavy atom. The normalized spacial score (nSPS) is 10.6. The van der Waals surface area contributed by atoms with Crippen LogP contribution in [-0.2, 0) is 6.61 Å². The highest BCUT2D eigenvalue weighted by Crippen LogP contribution is 2.34. The molecule has 1 N–H and O–H groups in total. The van der Waals surface area contributed by atoms with Crippen LogP contribution in [-0.4, -0.2) is 25.1 Å². The number of methoxy groups -OCH3 is 2. The number of ether oxygens (including phenoxy) is 3. The van der Waals surface area contributed by atoms with Gasteiger partial charge in [-0.2, -0.15) is 0 Å². The molecule has 9 heteroatoms. The number of benzene rings is 3. The van der Waals surface area contributed by atoms with Gasteiger partial charge in [-0.3, -0.25) is 4.79 Å². The molecule has 174 valence electrons. The SMILES string of the molecule is COc1ccc(NC(=O)c2csc(-c3ccc(OCc4cc(F)ccc4F)c(OC)c3)n2)cc1. The van der Waals surface area contributed by atoms with Gasteiger partial charge < -0.3 is 19.5 Å². The number of carbonyl (C=O) groups excluding carboxylic acids is 1. The molecule has 0 unspecified atom stereocenters. The summed E-state index contributed by atoms with van der Waals surface area (Å²) in [6, 6.07) is 15.3. The molecule has 0 aliphatic heterocycles. The molecule has 1 aromatic heterocycles. The molecule has 6 nitrogen and oxygen atoms in total. The minimum absolute atomic E-state index is 0.0959. The summed E-state index contributed by atoms with van der Waals surface area (Å²) in [4.78, 5) is 17.0. The van der Waals surface area contributed by atoms with Crippen molar-refractivity contribution < 1.29 is 27.8 Å². The number of halogens is 2. The lowest BCUT2D eigenvalue weighted by Crippen LogP contribution is -2.12. The first-order chi connectivity index (χ1) is 16.5. The monoisotopic (exact) mass is 482 g/mol. The van der Waals surface area contributed by atoms with E-state index in [0.717, 1.165) is 23.8 Å². The van der Waals surface area contributed by atoms with Crippen molar-refractivity contribution in [1.29, 1.82) is 0 Å². The van der Waals surface area contributed by atoms with Crippen LogP contribution in [0.15, 0.2) is 66.0 Å². The van der Waals surface area contributed by atoms with Crippen LogP contribution in [0.3, 0.4) is 0 Å². The lowest BCUT2D eigenvalue weighted by Gasteiger charge is -2.12. The third-order valence-electron chi connectivity index (χ3n) is 4.89. The summed E-state index contributed by atoms with van der Waals surface area (Å²) in [7, 11) is 3.05. The van der Waals surface area contributed by atoms with Crippen LogP contribution in [0.4, 0.5) is 14.5 Å². The molecule has 4 aromatic rings. The van der Waals surface area contributed by atoms with Crippen molar-refractivity contribution in [3.05, 3.63) is 88.9 Å². The van der Waals surface area contributed by atoms with E-state index < -0.39 is 11.6 Å². The molecule has 0 radical (unpaired) electrons. The van der Waals surface area contributed by atoms with Gasteiger partial charge in [0.05, 0.1) is 14.2 Å². The molecular formula is C25H20F2N2O4S. The maximum atomic E-state index is 13.9. The molecule has 1 amide bonds. The maximum Gasteiger partial charge on any atom is 0.275 e. The molecule has 0 saturated heterocycles. The fourth-order valence-electron chi connectivity index (χ4n) is 3.11.